The molecule has 2 N–H and O–H groups in total. The molecule has 0 spiro atoms. The second-order valence-corrected chi connectivity index (χ2v) is 6.01. The maximum absolute atomic E-state index is 11.3. The Labute approximate surface area is 126 Å². The summed E-state index contributed by atoms with van der Waals surface area (Å²) in [5.41, 5.74) is 8.02. The van der Waals surface area contributed by atoms with Crippen LogP contribution in [-0.2, 0) is 0 Å². The average molecular weight is 291 g/mol. The lowest BCUT2D eigenvalue weighted by Gasteiger charge is -2.37. The van der Waals surface area contributed by atoms with E-state index in [2.05, 4.69) is 11.8 Å². The van der Waals surface area contributed by atoms with Gasteiger partial charge < -0.3 is 10.6 Å². The van der Waals surface area contributed by atoms with E-state index >= 15 is 0 Å². The Morgan fingerprint density at radius 3 is 2.57 bits per heavy atom. The van der Waals surface area contributed by atoms with Crippen molar-refractivity contribution in [2.75, 3.05) is 11.4 Å². The maximum atomic E-state index is 11.3. The summed E-state index contributed by atoms with van der Waals surface area (Å²) in [6, 6.07) is 6.04. The number of hydrogen-bond acceptors (Lipinski definition) is 4. The van der Waals surface area contributed by atoms with Crippen LogP contribution < -0.4 is 10.6 Å². The van der Waals surface area contributed by atoms with Crippen molar-refractivity contribution >= 4 is 11.4 Å². The number of nitro groups is 1. The number of hydrogen-bond donors (Lipinski definition) is 1. The number of benzene rings is 1. The van der Waals surface area contributed by atoms with Crippen LogP contribution >= 0.6 is 0 Å². The van der Waals surface area contributed by atoms with Crippen molar-refractivity contribution in [3.8, 4) is 0 Å². The molecule has 0 aromatic heterocycles. The largest absolute Gasteiger partial charge is 0.363 e. The molecule has 0 heterocycles. The minimum absolute atomic E-state index is 0.212. The second-order valence-electron chi connectivity index (χ2n) is 6.01. The van der Waals surface area contributed by atoms with Gasteiger partial charge in [-0.2, -0.15) is 0 Å². The fraction of sp³-hybridized carbons (Fsp3) is 0.625. The molecule has 5 nitrogen and oxygen atoms in total. The zero-order chi connectivity index (χ0) is 15.4. The molecule has 116 valence electrons. The number of nitro benzene ring substituents is 1. The van der Waals surface area contributed by atoms with Gasteiger partial charge in [0, 0.05) is 24.7 Å². The third kappa shape index (κ3) is 3.73. The molecule has 0 unspecified atom stereocenters. The molecule has 2 rings (SSSR count). The molecule has 1 saturated carbocycles. The van der Waals surface area contributed by atoms with Gasteiger partial charge in [0.1, 0.15) is 5.69 Å². The van der Waals surface area contributed by atoms with Crippen LogP contribution in [-0.4, -0.2) is 23.6 Å². The van der Waals surface area contributed by atoms with Crippen LogP contribution in [0.2, 0.25) is 0 Å². The molecule has 0 atom stereocenters. The first-order valence-electron chi connectivity index (χ1n) is 7.80. The van der Waals surface area contributed by atoms with E-state index in [4.69, 9.17) is 5.73 Å². The first-order valence-corrected chi connectivity index (χ1v) is 7.80. The summed E-state index contributed by atoms with van der Waals surface area (Å²) in [7, 11) is 0. The van der Waals surface area contributed by atoms with Crippen LogP contribution in [0.5, 0.6) is 0 Å². The van der Waals surface area contributed by atoms with Gasteiger partial charge in [0.15, 0.2) is 0 Å². The molecular weight excluding hydrogens is 266 g/mol. The average Bonchev–Trinajstić information content (AvgIpc) is 2.45. The summed E-state index contributed by atoms with van der Waals surface area (Å²) in [5, 5.41) is 11.3. The summed E-state index contributed by atoms with van der Waals surface area (Å²) in [6.07, 6.45) is 5.03. The van der Waals surface area contributed by atoms with Crippen molar-refractivity contribution in [3.05, 3.63) is 33.9 Å². The molecule has 5 heteroatoms. The maximum Gasteiger partial charge on any atom is 0.292 e. The molecule has 1 aromatic rings. The van der Waals surface area contributed by atoms with Gasteiger partial charge in [-0.05, 0) is 50.7 Å². The van der Waals surface area contributed by atoms with E-state index in [0.717, 1.165) is 49.9 Å². The topological polar surface area (TPSA) is 72.4 Å². The van der Waals surface area contributed by atoms with Gasteiger partial charge in [-0.1, -0.05) is 13.0 Å². The van der Waals surface area contributed by atoms with E-state index in [1.807, 2.05) is 19.1 Å². The minimum atomic E-state index is -0.272. The Morgan fingerprint density at radius 2 is 2.00 bits per heavy atom. The lowest BCUT2D eigenvalue weighted by Crippen LogP contribution is -2.41. The molecule has 1 aromatic carbocycles. The highest BCUT2D eigenvalue weighted by Gasteiger charge is 2.28. The molecule has 1 aliphatic rings. The predicted octanol–water partition coefficient (Wildman–Crippen LogP) is 3.39. The van der Waals surface area contributed by atoms with Crippen LogP contribution in [0.25, 0.3) is 0 Å². The standard InChI is InChI=1S/C16H25N3O2/c1-3-10-18(14-7-5-13(17)6-8-14)16-11-12(2)4-9-15(16)19(20)21/h4,9,11,13-14H,3,5-8,10,17H2,1-2H3. The van der Waals surface area contributed by atoms with E-state index in [1.54, 1.807) is 6.07 Å². The van der Waals surface area contributed by atoms with Gasteiger partial charge in [0.25, 0.3) is 5.69 Å². The number of aryl methyl sites for hydroxylation is 1. The Balaban J connectivity index is 2.33. The van der Waals surface area contributed by atoms with E-state index in [0.29, 0.717) is 6.04 Å². The van der Waals surface area contributed by atoms with Crippen LogP contribution in [0.1, 0.15) is 44.6 Å². The Morgan fingerprint density at radius 1 is 1.33 bits per heavy atom. The normalized spacial score (nSPS) is 22.0. The van der Waals surface area contributed by atoms with E-state index < -0.39 is 0 Å². The van der Waals surface area contributed by atoms with Gasteiger partial charge in [-0.25, -0.2) is 0 Å². The number of nitrogens with two attached hydrogens (primary N) is 1. The first-order chi connectivity index (χ1) is 10.0. The Kier molecular flexibility index (Phi) is 5.17. The highest BCUT2D eigenvalue weighted by atomic mass is 16.6. The summed E-state index contributed by atoms with van der Waals surface area (Å²) < 4.78 is 0. The van der Waals surface area contributed by atoms with Crippen LogP contribution in [0.4, 0.5) is 11.4 Å². The number of anilines is 1. The van der Waals surface area contributed by atoms with E-state index in [-0.39, 0.29) is 16.7 Å². The molecule has 0 saturated heterocycles. The van der Waals surface area contributed by atoms with Crippen LogP contribution in [0, 0.1) is 17.0 Å². The van der Waals surface area contributed by atoms with Crippen LogP contribution in [0.15, 0.2) is 18.2 Å². The number of rotatable bonds is 5. The fourth-order valence-corrected chi connectivity index (χ4v) is 3.17. The Bertz CT molecular complexity index is 496. The molecule has 0 aliphatic heterocycles. The molecule has 21 heavy (non-hydrogen) atoms. The van der Waals surface area contributed by atoms with Crippen molar-refractivity contribution in [2.45, 2.75) is 58.0 Å². The quantitative estimate of drug-likeness (QED) is 0.666. The highest BCUT2D eigenvalue weighted by molar-refractivity contribution is 5.65. The van der Waals surface area contributed by atoms with Crippen LogP contribution in [0.3, 0.4) is 0 Å². The molecule has 0 amide bonds. The minimum Gasteiger partial charge on any atom is -0.363 e. The number of nitrogens with zero attached hydrogens (tertiary/aromatic N) is 2. The fourth-order valence-electron chi connectivity index (χ4n) is 3.17. The summed E-state index contributed by atoms with van der Waals surface area (Å²) in [6.45, 7) is 4.95. The van der Waals surface area contributed by atoms with E-state index in [1.165, 1.54) is 0 Å². The third-order valence-corrected chi connectivity index (χ3v) is 4.28. The van der Waals surface area contributed by atoms with Crippen molar-refractivity contribution in [2.24, 2.45) is 5.73 Å². The molecule has 1 fully saturated rings. The summed E-state index contributed by atoms with van der Waals surface area (Å²) in [4.78, 5) is 13.3. The van der Waals surface area contributed by atoms with Gasteiger partial charge in [-0.3, -0.25) is 10.1 Å². The summed E-state index contributed by atoms with van der Waals surface area (Å²) >= 11 is 0. The monoisotopic (exact) mass is 291 g/mol. The zero-order valence-corrected chi connectivity index (χ0v) is 12.9. The van der Waals surface area contributed by atoms with Crippen molar-refractivity contribution in [1.82, 2.24) is 0 Å². The highest BCUT2D eigenvalue weighted by Crippen LogP contribution is 2.34. The lowest BCUT2D eigenvalue weighted by molar-refractivity contribution is -0.384. The van der Waals surface area contributed by atoms with Crippen molar-refractivity contribution < 1.29 is 4.92 Å². The zero-order valence-electron chi connectivity index (χ0n) is 12.9. The van der Waals surface area contributed by atoms with Gasteiger partial charge in [0.2, 0.25) is 0 Å². The SMILES string of the molecule is CCCN(c1cc(C)ccc1[N+](=O)[O-])C1CCC(N)CC1. The van der Waals surface area contributed by atoms with E-state index in [9.17, 15) is 10.1 Å². The smallest absolute Gasteiger partial charge is 0.292 e. The lowest BCUT2D eigenvalue weighted by atomic mass is 9.90. The van der Waals surface area contributed by atoms with Crippen molar-refractivity contribution in [3.63, 3.8) is 0 Å². The molecule has 1 aliphatic carbocycles. The second kappa shape index (κ2) is 6.89. The van der Waals surface area contributed by atoms with Crippen molar-refractivity contribution in [1.29, 1.82) is 0 Å². The van der Waals surface area contributed by atoms with Gasteiger partial charge in [0.05, 0.1) is 4.92 Å². The molecule has 0 bridgehead atoms. The third-order valence-electron chi connectivity index (χ3n) is 4.28. The molecular formula is C16H25N3O2. The van der Waals surface area contributed by atoms with Gasteiger partial charge in [-0.15, -0.1) is 0 Å². The summed E-state index contributed by atoms with van der Waals surface area (Å²) in [5.74, 6) is 0. The predicted molar refractivity (Wildman–Crippen MR) is 85.7 cm³/mol. The van der Waals surface area contributed by atoms with Gasteiger partial charge >= 0.3 is 0 Å². The molecule has 0 radical (unpaired) electrons. The first kappa shape index (κ1) is 15.8. The Hall–Kier alpha value is -1.62.